The predicted molar refractivity (Wildman–Crippen MR) is 129 cm³/mol. The molecule has 1 heterocycles. The summed E-state index contributed by atoms with van der Waals surface area (Å²) in [5.74, 6) is -2.04. The molecule has 1 unspecified atom stereocenters. The Bertz CT molecular complexity index is 1270. The lowest BCUT2D eigenvalue weighted by molar-refractivity contribution is -0.140. The van der Waals surface area contributed by atoms with E-state index in [1.807, 2.05) is 13.8 Å². The number of aliphatic carboxylic acids is 1. The second-order valence-corrected chi connectivity index (χ2v) is 8.69. The summed E-state index contributed by atoms with van der Waals surface area (Å²) in [6, 6.07) is 13.0. The van der Waals surface area contributed by atoms with E-state index in [4.69, 9.17) is 5.73 Å². The van der Waals surface area contributed by atoms with Gasteiger partial charge in [-0.15, -0.1) is 0 Å². The average molecular weight is 466 g/mol. The lowest BCUT2D eigenvalue weighted by Gasteiger charge is -2.17. The first-order valence-electron chi connectivity index (χ1n) is 11.0. The summed E-state index contributed by atoms with van der Waals surface area (Å²) in [5.41, 5.74) is 7.58. The van der Waals surface area contributed by atoms with Gasteiger partial charge in [0.25, 0.3) is 5.56 Å². The van der Waals surface area contributed by atoms with Crippen molar-refractivity contribution in [2.75, 3.05) is 5.73 Å². The molecule has 0 saturated carbocycles. The molecule has 8 heteroatoms. The summed E-state index contributed by atoms with van der Waals surface area (Å²) in [5, 5.41) is 12.4. The number of pyridine rings is 1. The number of aryl methyl sites for hydroxylation is 1. The molecular weight excluding hydrogens is 437 g/mol. The number of hydrogen-bond acceptors (Lipinski definition) is 5. The lowest BCUT2D eigenvalue weighted by atomic mass is 10.0. The molecule has 178 valence electrons. The standard InChI is InChI=1S/C26H28FN3O4/c1-15(2)12-22(26(33)34)29-14-17-5-7-18(8-6-17)30-23(31)11-10-20(25(30)28)24(32)19-9-4-16(3)13-21(19)27/h4-11,13,15,22,29H,12,14,28H2,1-3H3,(H,33,34). The van der Waals surface area contributed by atoms with E-state index in [0.29, 0.717) is 24.2 Å². The van der Waals surface area contributed by atoms with Crippen LogP contribution >= 0.6 is 0 Å². The lowest BCUT2D eigenvalue weighted by Crippen LogP contribution is -2.37. The van der Waals surface area contributed by atoms with Crippen LogP contribution in [0.4, 0.5) is 10.2 Å². The van der Waals surface area contributed by atoms with Crippen molar-refractivity contribution in [3.63, 3.8) is 0 Å². The van der Waals surface area contributed by atoms with Crippen LogP contribution < -0.4 is 16.6 Å². The first kappa shape index (κ1) is 24.9. The minimum atomic E-state index is -0.906. The summed E-state index contributed by atoms with van der Waals surface area (Å²) in [7, 11) is 0. The highest BCUT2D eigenvalue weighted by Gasteiger charge is 2.20. The number of halogens is 1. The van der Waals surface area contributed by atoms with E-state index in [0.717, 1.165) is 5.56 Å². The number of carboxylic acid groups (broad SMARTS) is 1. The third-order valence-corrected chi connectivity index (χ3v) is 5.50. The number of rotatable bonds is 9. The molecule has 0 aliphatic carbocycles. The van der Waals surface area contributed by atoms with E-state index in [1.165, 1.54) is 28.8 Å². The Balaban J connectivity index is 1.87. The molecule has 0 radical (unpaired) electrons. The molecule has 7 nitrogen and oxygen atoms in total. The van der Waals surface area contributed by atoms with Crippen molar-refractivity contribution in [2.24, 2.45) is 5.92 Å². The molecule has 3 aromatic rings. The third kappa shape index (κ3) is 5.58. The Labute approximate surface area is 197 Å². The van der Waals surface area contributed by atoms with E-state index < -0.39 is 29.2 Å². The van der Waals surface area contributed by atoms with E-state index in [2.05, 4.69) is 5.32 Å². The summed E-state index contributed by atoms with van der Waals surface area (Å²) in [6.45, 7) is 5.97. The SMILES string of the molecule is Cc1ccc(C(=O)c2ccc(=O)n(-c3ccc(CNC(CC(C)C)C(=O)O)cc3)c2N)c(F)c1. The molecule has 1 atom stereocenters. The van der Waals surface area contributed by atoms with Gasteiger partial charge in [0, 0.05) is 12.6 Å². The van der Waals surface area contributed by atoms with Crippen LogP contribution in [-0.4, -0.2) is 27.5 Å². The van der Waals surface area contributed by atoms with Gasteiger partial charge in [-0.3, -0.25) is 19.0 Å². The Morgan fingerprint density at radius 1 is 1.06 bits per heavy atom. The zero-order chi connectivity index (χ0) is 25.0. The van der Waals surface area contributed by atoms with Crippen molar-refractivity contribution in [1.29, 1.82) is 0 Å². The number of nitrogens with two attached hydrogens (primary N) is 1. The fourth-order valence-corrected chi connectivity index (χ4v) is 3.71. The van der Waals surface area contributed by atoms with Crippen LogP contribution in [0.2, 0.25) is 0 Å². The van der Waals surface area contributed by atoms with Gasteiger partial charge < -0.3 is 16.2 Å². The van der Waals surface area contributed by atoms with Gasteiger partial charge in [-0.05, 0) is 60.7 Å². The van der Waals surface area contributed by atoms with Gasteiger partial charge in [-0.1, -0.05) is 32.0 Å². The predicted octanol–water partition coefficient (Wildman–Crippen LogP) is 3.69. The molecule has 3 rings (SSSR count). The van der Waals surface area contributed by atoms with Crippen LogP contribution in [0.5, 0.6) is 0 Å². The van der Waals surface area contributed by atoms with Crippen molar-refractivity contribution in [3.05, 3.63) is 93.0 Å². The van der Waals surface area contributed by atoms with E-state index >= 15 is 0 Å². The third-order valence-electron chi connectivity index (χ3n) is 5.50. The normalized spacial score (nSPS) is 12.0. The largest absolute Gasteiger partial charge is 0.480 e. The number of benzene rings is 2. The number of hydrogen-bond donors (Lipinski definition) is 3. The molecule has 0 spiro atoms. The van der Waals surface area contributed by atoms with E-state index in [9.17, 15) is 23.9 Å². The van der Waals surface area contributed by atoms with Crippen LogP contribution in [-0.2, 0) is 11.3 Å². The molecule has 2 aromatic carbocycles. The number of nitrogen functional groups attached to an aromatic ring is 1. The monoisotopic (exact) mass is 465 g/mol. The number of ketones is 1. The molecule has 34 heavy (non-hydrogen) atoms. The second kappa shape index (κ2) is 10.4. The van der Waals surface area contributed by atoms with Crippen LogP contribution in [0.3, 0.4) is 0 Å². The van der Waals surface area contributed by atoms with Crippen molar-refractivity contribution in [2.45, 2.75) is 39.8 Å². The minimum Gasteiger partial charge on any atom is -0.480 e. The number of aromatic nitrogens is 1. The number of carboxylic acids is 1. The van der Waals surface area contributed by atoms with Gasteiger partial charge in [0.1, 0.15) is 17.7 Å². The van der Waals surface area contributed by atoms with Crippen LogP contribution in [0.1, 0.15) is 47.3 Å². The molecular formula is C26H28FN3O4. The van der Waals surface area contributed by atoms with Crippen LogP contribution in [0, 0.1) is 18.7 Å². The van der Waals surface area contributed by atoms with Crippen LogP contribution in [0.15, 0.2) is 59.4 Å². The van der Waals surface area contributed by atoms with Crippen molar-refractivity contribution in [1.82, 2.24) is 9.88 Å². The Morgan fingerprint density at radius 2 is 1.71 bits per heavy atom. The molecule has 0 saturated heterocycles. The zero-order valence-electron chi connectivity index (χ0n) is 19.3. The Hall–Kier alpha value is -3.78. The molecule has 1 aromatic heterocycles. The molecule has 0 fully saturated rings. The summed E-state index contributed by atoms with van der Waals surface area (Å²) in [6.07, 6.45) is 0.502. The first-order chi connectivity index (χ1) is 16.1. The molecule has 0 amide bonds. The smallest absolute Gasteiger partial charge is 0.320 e. The number of carbonyl (C=O) groups is 2. The van der Waals surface area contributed by atoms with Gasteiger partial charge in [-0.25, -0.2) is 4.39 Å². The fraction of sp³-hybridized carbons (Fsp3) is 0.269. The first-order valence-corrected chi connectivity index (χ1v) is 11.0. The van der Waals surface area contributed by atoms with E-state index in [-0.39, 0.29) is 22.9 Å². The maximum atomic E-state index is 14.3. The number of carbonyl (C=O) groups excluding carboxylic acids is 1. The summed E-state index contributed by atoms with van der Waals surface area (Å²) < 4.78 is 15.5. The molecule has 0 aliphatic rings. The average Bonchev–Trinajstić information content (AvgIpc) is 2.77. The van der Waals surface area contributed by atoms with Crippen LogP contribution in [0.25, 0.3) is 5.69 Å². The van der Waals surface area contributed by atoms with Gasteiger partial charge >= 0.3 is 5.97 Å². The Kier molecular flexibility index (Phi) is 7.63. The van der Waals surface area contributed by atoms with Gasteiger partial charge in [-0.2, -0.15) is 0 Å². The topological polar surface area (TPSA) is 114 Å². The molecule has 4 N–H and O–H groups in total. The van der Waals surface area contributed by atoms with Gasteiger partial charge in [0.05, 0.1) is 16.8 Å². The van der Waals surface area contributed by atoms with Crippen molar-refractivity contribution < 1.29 is 19.1 Å². The minimum absolute atomic E-state index is 0.0195. The van der Waals surface area contributed by atoms with Gasteiger partial charge in [0.2, 0.25) is 0 Å². The number of nitrogens with one attached hydrogen (secondary N) is 1. The summed E-state index contributed by atoms with van der Waals surface area (Å²) >= 11 is 0. The highest BCUT2D eigenvalue weighted by molar-refractivity contribution is 6.11. The number of anilines is 1. The maximum Gasteiger partial charge on any atom is 0.320 e. The van der Waals surface area contributed by atoms with Crippen molar-refractivity contribution >= 4 is 17.6 Å². The highest BCUT2D eigenvalue weighted by atomic mass is 19.1. The Morgan fingerprint density at radius 3 is 2.29 bits per heavy atom. The molecule has 0 aliphatic heterocycles. The fourth-order valence-electron chi connectivity index (χ4n) is 3.71. The quantitative estimate of drug-likeness (QED) is 0.415. The molecule has 0 bridgehead atoms. The zero-order valence-corrected chi connectivity index (χ0v) is 19.3. The van der Waals surface area contributed by atoms with Gasteiger partial charge in [0.15, 0.2) is 5.78 Å². The maximum absolute atomic E-state index is 14.3. The highest BCUT2D eigenvalue weighted by Crippen LogP contribution is 2.21. The van der Waals surface area contributed by atoms with E-state index in [1.54, 1.807) is 37.3 Å². The van der Waals surface area contributed by atoms with Crippen molar-refractivity contribution in [3.8, 4) is 5.69 Å². The second-order valence-electron chi connectivity index (χ2n) is 8.69. The summed E-state index contributed by atoms with van der Waals surface area (Å²) in [4.78, 5) is 36.9. The number of nitrogens with zero attached hydrogens (tertiary/aromatic N) is 1.